The van der Waals surface area contributed by atoms with Crippen molar-refractivity contribution in [1.82, 2.24) is 14.8 Å². The summed E-state index contributed by atoms with van der Waals surface area (Å²) in [6.45, 7) is 2.51. The van der Waals surface area contributed by atoms with Gasteiger partial charge in [-0.05, 0) is 6.07 Å². The van der Waals surface area contributed by atoms with Gasteiger partial charge in [-0.25, -0.2) is 9.07 Å². The van der Waals surface area contributed by atoms with Gasteiger partial charge in [-0.1, -0.05) is 25.1 Å². The van der Waals surface area contributed by atoms with Crippen LogP contribution in [-0.4, -0.2) is 26.4 Å². The zero-order valence-electron chi connectivity index (χ0n) is 10.5. The monoisotopic (exact) mass is 262 g/mol. The highest BCUT2D eigenvalue weighted by Gasteiger charge is 2.31. The van der Waals surface area contributed by atoms with Gasteiger partial charge in [-0.3, -0.25) is 0 Å². The molecule has 6 heteroatoms. The molecule has 2 heterocycles. The van der Waals surface area contributed by atoms with Crippen molar-refractivity contribution in [3.05, 3.63) is 41.5 Å². The Hall–Kier alpha value is -1.95. The average Bonchev–Trinajstić information content (AvgIpc) is 2.83. The largest absolute Gasteiger partial charge is 0.388 e. The van der Waals surface area contributed by atoms with Crippen molar-refractivity contribution in [2.75, 3.05) is 11.9 Å². The number of benzene rings is 1. The van der Waals surface area contributed by atoms with Crippen LogP contribution in [0.2, 0.25) is 0 Å². The minimum absolute atomic E-state index is 0.178. The summed E-state index contributed by atoms with van der Waals surface area (Å²) in [7, 11) is 0. The molecule has 2 unspecified atom stereocenters. The van der Waals surface area contributed by atoms with Crippen LogP contribution in [0.3, 0.4) is 0 Å². The summed E-state index contributed by atoms with van der Waals surface area (Å²) in [5, 5.41) is 16.5. The summed E-state index contributed by atoms with van der Waals surface area (Å²) in [6, 6.07) is 6.51. The van der Waals surface area contributed by atoms with Crippen LogP contribution in [-0.2, 0) is 6.61 Å². The number of halogens is 1. The van der Waals surface area contributed by atoms with Crippen LogP contribution in [0.5, 0.6) is 0 Å². The van der Waals surface area contributed by atoms with Gasteiger partial charge in [-0.2, -0.15) is 10.1 Å². The molecule has 2 aromatic rings. The molecule has 0 aliphatic carbocycles. The molecule has 0 amide bonds. The molecule has 0 fully saturated rings. The summed E-state index contributed by atoms with van der Waals surface area (Å²) in [5.74, 6) is 0.860. The van der Waals surface area contributed by atoms with Crippen LogP contribution in [0.4, 0.5) is 10.3 Å². The second-order valence-electron chi connectivity index (χ2n) is 4.78. The van der Waals surface area contributed by atoms with E-state index in [2.05, 4.69) is 15.4 Å². The molecule has 0 bridgehead atoms. The fraction of sp³-hybridized carbons (Fsp3) is 0.385. The van der Waals surface area contributed by atoms with Gasteiger partial charge in [0.2, 0.25) is 5.95 Å². The van der Waals surface area contributed by atoms with Crippen LogP contribution in [0, 0.1) is 11.7 Å². The van der Waals surface area contributed by atoms with Gasteiger partial charge in [0.25, 0.3) is 0 Å². The van der Waals surface area contributed by atoms with Crippen LogP contribution >= 0.6 is 0 Å². The van der Waals surface area contributed by atoms with Crippen LogP contribution in [0.25, 0.3) is 0 Å². The van der Waals surface area contributed by atoms with Gasteiger partial charge in [-0.15, -0.1) is 0 Å². The zero-order chi connectivity index (χ0) is 13.4. The highest BCUT2D eigenvalue weighted by molar-refractivity contribution is 5.34. The van der Waals surface area contributed by atoms with Gasteiger partial charge in [0, 0.05) is 18.0 Å². The van der Waals surface area contributed by atoms with E-state index >= 15 is 0 Å². The second-order valence-corrected chi connectivity index (χ2v) is 4.78. The third-order valence-electron chi connectivity index (χ3n) is 3.43. The predicted molar refractivity (Wildman–Crippen MR) is 68.1 cm³/mol. The lowest BCUT2D eigenvalue weighted by atomic mass is 9.93. The molecule has 0 radical (unpaired) electrons. The molecule has 0 saturated carbocycles. The topological polar surface area (TPSA) is 63.0 Å². The number of nitrogens with one attached hydrogen (secondary N) is 1. The summed E-state index contributed by atoms with van der Waals surface area (Å²) >= 11 is 0. The standard InChI is InChI=1S/C13H15FN4O/c1-8-6-15-13-16-11(7-19)17-18(13)12(8)9-4-2-3-5-10(9)14/h2-5,8,12,19H,6-7H2,1H3,(H,15,16,17). The zero-order valence-corrected chi connectivity index (χ0v) is 10.5. The summed E-state index contributed by atoms with van der Waals surface area (Å²) in [4.78, 5) is 4.18. The molecule has 19 heavy (non-hydrogen) atoms. The molecular weight excluding hydrogens is 247 g/mol. The average molecular weight is 262 g/mol. The first-order valence-corrected chi connectivity index (χ1v) is 6.25. The number of rotatable bonds is 2. The first-order valence-electron chi connectivity index (χ1n) is 6.25. The van der Waals surface area contributed by atoms with E-state index in [4.69, 9.17) is 5.11 Å². The van der Waals surface area contributed by atoms with E-state index in [1.54, 1.807) is 16.8 Å². The molecule has 1 aromatic carbocycles. The van der Waals surface area contributed by atoms with Crippen molar-refractivity contribution >= 4 is 5.95 Å². The Labute approximate surface area is 110 Å². The number of aliphatic hydroxyl groups is 1. The van der Waals surface area contributed by atoms with Crippen molar-refractivity contribution < 1.29 is 9.50 Å². The number of anilines is 1. The molecule has 3 rings (SSSR count). The van der Waals surface area contributed by atoms with Gasteiger partial charge in [0.05, 0.1) is 6.04 Å². The Morgan fingerprint density at radius 3 is 3.00 bits per heavy atom. The maximum Gasteiger partial charge on any atom is 0.222 e. The number of hydrogen-bond acceptors (Lipinski definition) is 4. The fourth-order valence-electron chi connectivity index (χ4n) is 2.51. The number of aromatic nitrogens is 3. The number of fused-ring (bicyclic) bond motifs is 1. The Balaban J connectivity index is 2.11. The van der Waals surface area contributed by atoms with Crippen molar-refractivity contribution in [1.29, 1.82) is 0 Å². The number of aliphatic hydroxyl groups excluding tert-OH is 1. The van der Waals surface area contributed by atoms with Crippen molar-refractivity contribution in [3.8, 4) is 0 Å². The molecule has 100 valence electrons. The molecule has 1 aliphatic heterocycles. The molecule has 2 atom stereocenters. The Morgan fingerprint density at radius 2 is 2.26 bits per heavy atom. The lowest BCUT2D eigenvalue weighted by Crippen LogP contribution is -2.32. The van der Waals surface area contributed by atoms with E-state index in [-0.39, 0.29) is 24.4 Å². The molecule has 0 saturated heterocycles. The Morgan fingerprint density at radius 1 is 1.47 bits per heavy atom. The van der Waals surface area contributed by atoms with E-state index in [0.717, 1.165) is 0 Å². The van der Waals surface area contributed by atoms with Crippen molar-refractivity contribution in [2.45, 2.75) is 19.6 Å². The van der Waals surface area contributed by atoms with Crippen molar-refractivity contribution in [3.63, 3.8) is 0 Å². The molecular formula is C13H15FN4O. The quantitative estimate of drug-likeness (QED) is 0.862. The van der Waals surface area contributed by atoms with Gasteiger partial charge in [0.15, 0.2) is 5.82 Å². The second kappa shape index (κ2) is 4.62. The molecule has 2 N–H and O–H groups in total. The maximum absolute atomic E-state index is 14.0. The SMILES string of the molecule is CC1CNc2nc(CO)nn2C1c1ccccc1F. The molecule has 1 aliphatic rings. The number of hydrogen-bond donors (Lipinski definition) is 2. The minimum atomic E-state index is -0.242. The van der Waals surface area contributed by atoms with E-state index in [9.17, 15) is 4.39 Å². The predicted octanol–water partition coefficient (Wildman–Crippen LogP) is 1.56. The van der Waals surface area contributed by atoms with Gasteiger partial charge >= 0.3 is 0 Å². The third kappa shape index (κ3) is 1.98. The normalized spacial score (nSPS) is 21.8. The Bertz CT molecular complexity index is 598. The third-order valence-corrected chi connectivity index (χ3v) is 3.43. The van der Waals surface area contributed by atoms with Gasteiger partial charge < -0.3 is 10.4 Å². The molecule has 0 spiro atoms. The summed E-state index contributed by atoms with van der Waals surface area (Å²) < 4.78 is 15.7. The molecule has 5 nitrogen and oxygen atoms in total. The smallest absolute Gasteiger partial charge is 0.222 e. The van der Waals surface area contributed by atoms with Gasteiger partial charge in [0.1, 0.15) is 12.4 Å². The highest BCUT2D eigenvalue weighted by atomic mass is 19.1. The Kier molecular flexibility index (Phi) is 2.94. The first-order chi connectivity index (χ1) is 9.20. The highest BCUT2D eigenvalue weighted by Crippen LogP contribution is 2.33. The lowest BCUT2D eigenvalue weighted by molar-refractivity contribution is 0.268. The van der Waals surface area contributed by atoms with E-state index in [1.807, 2.05) is 13.0 Å². The molecule has 1 aromatic heterocycles. The lowest BCUT2D eigenvalue weighted by Gasteiger charge is -2.30. The van der Waals surface area contributed by atoms with Crippen LogP contribution in [0.1, 0.15) is 24.4 Å². The van der Waals surface area contributed by atoms with Crippen molar-refractivity contribution in [2.24, 2.45) is 5.92 Å². The van der Waals surface area contributed by atoms with E-state index < -0.39 is 0 Å². The maximum atomic E-state index is 14.0. The van der Waals surface area contributed by atoms with E-state index in [1.165, 1.54) is 6.07 Å². The number of nitrogens with zero attached hydrogens (tertiary/aromatic N) is 3. The van der Waals surface area contributed by atoms with E-state index in [0.29, 0.717) is 23.9 Å². The first kappa shape index (κ1) is 12.1. The van der Waals surface area contributed by atoms with Crippen LogP contribution < -0.4 is 5.32 Å². The van der Waals surface area contributed by atoms with Crippen LogP contribution in [0.15, 0.2) is 24.3 Å². The summed E-state index contributed by atoms with van der Waals surface area (Å²) in [5.41, 5.74) is 0.604. The fourth-order valence-corrected chi connectivity index (χ4v) is 2.51. The minimum Gasteiger partial charge on any atom is -0.388 e. The summed E-state index contributed by atoms with van der Waals surface area (Å²) in [6.07, 6.45) is 0.